The van der Waals surface area contributed by atoms with Crippen LogP contribution in [0.2, 0.25) is 0 Å². The Balaban J connectivity index is 1.29. The lowest BCUT2D eigenvalue weighted by molar-refractivity contribution is 0.195. The summed E-state index contributed by atoms with van der Waals surface area (Å²) in [5.74, 6) is 0. The minimum atomic E-state index is -0.00107. The van der Waals surface area contributed by atoms with Crippen LogP contribution in [0.4, 0.5) is 22.7 Å². The van der Waals surface area contributed by atoms with Gasteiger partial charge in [0, 0.05) is 33.7 Å². The van der Waals surface area contributed by atoms with Crippen molar-refractivity contribution < 1.29 is 0 Å². The van der Waals surface area contributed by atoms with Gasteiger partial charge in [-0.25, -0.2) is 0 Å². The number of hydrogen-bond donors (Lipinski definition) is 0. The fourth-order valence-electron chi connectivity index (χ4n) is 10.2. The summed E-state index contributed by atoms with van der Waals surface area (Å²) in [4.78, 5) is 5.52. The van der Waals surface area contributed by atoms with E-state index in [2.05, 4.69) is 178 Å². The van der Waals surface area contributed by atoms with Gasteiger partial charge in [0.25, 0.3) is 0 Å². The molecule has 51 heavy (non-hydrogen) atoms. The summed E-state index contributed by atoms with van der Waals surface area (Å²) in [5.41, 5.74) is 19.0. The first-order valence-electron chi connectivity index (χ1n) is 18.9. The molecule has 250 valence electrons. The van der Waals surface area contributed by atoms with Crippen LogP contribution in [0, 0.1) is 0 Å². The maximum atomic E-state index is 2.85. The summed E-state index contributed by atoms with van der Waals surface area (Å²) < 4.78 is 0. The number of rotatable bonds is 3. The highest BCUT2D eigenvalue weighted by molar-refractivity contribution is 6.93. The van der Waals surface area contributed by atoms with Crippen LogP contribution < -0.4 is 20.6 Å². The van der Waals surface area contributed by atoms with E-state index in [-0.39, 0.29) is 23.2 Å². The van der Waals surface area contributed by atoms with E-state index in [1.807, 2.05) is 0 Å². The molecule has 2 atom stereocenters. The Labute approximate surface area is 303 Å². The molecule has 3 aliphatic heterocycles. The van der Waals surface area contributed by atoms with Gasteiger partial charge < -0.3 is 9.71 Å². The third-order valence-electron chi connectivity index (χ3n) is 13.2. The molecular formula is C48H45BN2. The van der Waals surface area contributed by atoms with Crippen molar-refractivity contribution in [2.45, 2.75) is 76.7 Å². The normalized spacial score (nSPS) is 21.2. The first-order chi connectivity index (χ1) is 24.7. The van der Waals surface area contributed by atoms with Crippen molar-refractivity contribution in [3.05, 3.63) is 145 Å². The highest BCUT2D eigenvalue weighted by atomic mass is 15.3. The van der Waals surface area contributed by atoms with Crippen molar-refractivity contribution in [1.82, 2.24) is 0 Å². The lowest BCUT2D eigenvalue weighted by Gasteiger charge is -2.53. The fraction of sp³-hybridized carbons (Fsp3) is 0.250. The van der Waals surface area contributed by atoms with Crippen LogP contribution in [0.3, 0.4) is 0 Å². The second-order valence-corrected chi connectivity index (χ2v) is 16.9. The molecule has 6 aromatic carbocycles. The molecule has 3 heterocycles. The first-order valence-corrected chi connectivity index (χ1v) is 18.9. The van der Waals surface area contributed by atoms with E-state index in [0.29, 0.717) is 0 Å². The number of anilines is 4. The zero-order valence-corrected chi connectivity index (χ0v) is 30.5. The van der Waals surface area contributed by atoms with E-state index in [1.54, 1.807) is 5.56 Å². The van der Waals surface area contributed by atoms with Crippen molar-refractivity contribution in [2.24, 2.45) is 0 Å². The molecule has 10 rings (SSSR count). The molecule has 4 aliphatic rings. The van der Waals surface area contributed by atoms with E-state index in [1.165, 1.54) is 98.3 Å². The van der Waals surface area contributed by atoms with Crippen LogP contribution in [-0.4, -0.2) is 12.4 Å². The van der Waals surface area contributed by atoms with Crippen LogP contribution >= 0.6 is 0 Å². The molecule has 2 nitrogen and oxygen atoms in total. The number of fused-ring (bicyclic) bond motifs is 7. The smallest absolute Gasteiger partial charge is 0.333 e. The summed E-state index contributed by atoms with van der Waals surface area (Å²) in [6.07, 6.45) is 5.00. The van der Waals surface area contributed by atoms with Crippen LogP contribution in [-0.2, 0) is 10.8 Å². The second kappa shape index (κ2) is 10.7. The van der Waals surface area contributed by atoms with Gasteiger partial charge in [0.05, 0.1) is 5.54 Å². The third kappa shape index (κ3) is 4.24. The van der Waals surface area contributed by atoms with E-state index >= 15 is 0 Å². The Morgan fingerprint density at radius 3 is 1.94 bits per heavy atom. The number of para-hydroxylation sites is 1. The van der Waals surface area contributed by atoms with Crippen molar-refractivity contribution in [1.29, 1.82) is 0 Å². The molecule has 0 radical (unpaired) electrons. The summed E-state index contributed by atoms with van der Waals surface area (Å²) >= 11 is 0. The van der Waals surface area contributed by atoms with Gasteiger partial charge in [-0.2, -0.15) is 0 Å². The zero-order valence-electron chi connectivity index (χ0n) is 30.5. The molecule has 0 bridgehead atoms. The molecule has 3 heteroatoms. The van der Waals surface area contributed by atoms with Gasteiger partial charge in [0.15, 0.2) is 0 Å². The molecule has 0 spiro atoms. The van der Waals surface area contributed by atoms with E-state index in [9.17, 15) is 0 Å². The average molecular weight is 661 g/mol. The van der Waals surface area contributed by atoms with Gasteiger partial charge in [0.2, 0.25) is 0 Å². The van der Waals surface area contributed by atoms with Crippen LogP contribution in [0.1, 0.15) is 71.4 Å². The van der Waals surface area contributed by atoms with Crippen LogP contribution in [0.5, 0.6) is 0 Å². The Morgan fingerprint density at radius 2 is 1.24 bits per heavy atom. The van der Waals surface area contributed by atoms with Gasteiger partial charge >= 0.3 is 6.85 Å². The zero-order chi connectivity index (χ0) is 34.7. The largest absolute Gasteiger partial charge is 0.376 e. The number of hydrogen-bond acceptors (Lipinski definition) is 2. The quantitative estimate of drug-likeness (QED) is 0.174. The van der Waals surface area contributed by atoms with Gasteiger partial charge in [-0.05, 0) is 105 Å². The predicted molar refractivity (Wildman–Crippen MR) is 218 cm³/mol. The molecule has 0 amide bonds. The molecule has 2 unspecified atom stereocenters. The standard InChI is InChI=1S/C48H45BN2/c1-46(2,3)36-30-39-38-29-35(33-17-10-7-11-18-33)23-26-42(38)51(37-24-21-34(22-25-37)32-15-8-6-9-16-32)49-41-20-14-19-40-45(41)50(43(31-36)44(39)49)48(5)28-13-12-27-47(40,48)4/h6-11,14-26,29-31H,12-13,27-28H2,1-5H3. The molecule has 1 saturated carbocycles. The Bertz CT molecular complexity index is 2340. The lowest BCUT2D eigenvalue weighted by Crippen LogP contribution is -2.64. The number of benzene rings is 6. The van der Waals surface area contributed by atoms with Crippen LogP contribution in [0.25, 0.3) is 33.4 Å². The minimum Gasteiger partial charge on any atom is -0.376 e. The maximum absolute atomic E-state index is 2.85. The van der Waals surface area contributed by atoms with Crippen LogP contribution in [0.15, 0.2) is 133 Å². The van der Waals surface area contributed by atoms with E-state index in [4.69, 9.17) is 0 Å². The summed E-state index contributed by atoms with van der Waals surface area (Å²) in [7, 11) is 0. The molecule has 0 N–H and O–H groups in total. The lowest BCUT2D eigenvalue weighted by atomic mass is 9.43. The van der Waals surface area contributed by atoms with E-state index in [0.717, 1.165) is 0 Å². The summed E-state index contributed by atoms with van der Waals surface area (Å²) in [5, 5.41) is 0. The highest BCUT2D eigenvalue weighted by Crippen LogP contribution is 2.62. The van der Waals surface area contributed by atoms with Gasteiger partial charge in [-0.15, -0.1) is 0 Å². The van der Waals surface area contributed by atoms with Crippen molar-refractivity contribution >= 4 is 40.5 Å². The van der Waals surface area contributed by atoms with Gasteiger partial charge in [0.1, 0.15) is 0 Å². The second-order valence-electron chi connectivity index (χ2n) is 16.9. The summed E-state index contributed by atoms with van der Waals surface area (Å²) in [6.45, 7) is 12.3. The van der Waals surface area contributed by atoms with Gasteiger partial charge in [-0.1, -0.05) is 144 Å². The number of nitrogens with zero attached hydrogens (tertiary/aromatic N) is 2. The first kappa shape index (κ1) is 30.8. The monoisotopic (exact) mass is 660 g/mol. The Morgan fingerprint density at radius 1 is 0.588 bits per heavy atom. The minimum absolute atomic E-state index is 0.00107. The van der Waals surface area contributed by atoms with E-state index < -0.39 is 0 Å². The molecule has 0 aromatic heterocycles. The molecule has 6 aromatic rings. The average Bonchev–Trinajstić information content (AvgIpc) is 3.37. The van der Waals surface area contributed by atoms with Gasteiger partial charge in [-0.3, -0.25) is 0 Å². The highest BCUT2D eigenvalue weighted by Gasteiger charge is 2.61. The third-order valence-corrected chi connectivity index (χ3v) is 13.2. The molecular weight excluding hydrogens is 615 g/mol. The van der Waals surface area contributed by atoms with Crippen molar-refractivity contribution in [3.63, 3.8) is 0 Å². The topological polar surface area (TPSA) is 6.48 Å². The Hall–Kier alpha value is -5.02. The van der Waals surface area contributed by atoms with Crippen molar-refractivity contribution in [3.8, 4) is 33.4 Å². The SMILES string of the molecule is CC(C)(C)c1cc2c3c(c1)N1c4c(cccc4C4(C)CCCCC14C)B3N(c1ccc(-c3ccccc3)cc1)c1ccc(-c3ccccc3)cc1-2. The molecule has 1 aliphatic carbocycles. The molecule has 0 saturated heterocycles. The maximum Gasteiger partial charge on any atom is 0.333 e. The van der Waals surface area contributed by atoms with Crippen molar-refractivity contribution in [2.75, 3.05) is 9.71 Å². The molecule has 1 fully saturated rings. The predicted octanol–water partition coefficient (Wildman–Crippen LogP) is 11.3. The summed E-state index contributed by atoms with van der Waals surface area (Å²) in [6, 6.07) is 50.5. The Kier molecular flexibility index (Phi) is 6.49. The fourth-order valence-corrected chi connectivity index (χ4v) is 10.2.